The minimum atomic E-state index is 0.107. The van der Waals surface area contributed by atoms with Gasteiger partial charge in [-0.25, -0.2) is 4.98 Å². The highest BCUT2D eigenvalue weighted by Gasteiger charge is 2.20. The van der Waals surface area contributed by atoms with E-state index < -0.39 is 0 Å². The molecule has 1 fully saturated rings. The van der Waals surface area contributed by atoms with E-state index >= 15 is 0 Å². The summed E-state index contributed by atoms with van der Waals surface area (Å²) in [4.78, 5) is 18.9. The molecular formula is C9H13N5O. The van der Waals surface area contributed by atoms with Crippen LogP contribution in [0.3, 0.4) is 0 Å². The lowest BCUT2D eigenvalue weighted by molar-refractivity contribution is -0.119. The summed E-state index contributed by atoms with van der Waals surface area (Å²) in [5.41, 5.74) is 5.50. The van der Waals surface area contributed by atoms with Crippen LogP contribution < -0.4 is 16.4 Å². The molecule has 4 N–H and O–H groups in total. The fraction of sp³-hybridized carbons (Fsp3) is 0.444. The van der Waals surface area contributed by atoms with Crippen LogP contribution in [0.15, 0.2) is 12.3 Å². The summed E-state index contributed by atoms with van der Waals surface area (Å²) in [6, 6.07) is 1.80. The average molecular weight is 207 g/mol. The van der Waals surface area contributed by atoms with E-state index in [0.717, 1.165) is 6.42 Å². The van der Waals surface area contributed by atoms with Crippen molar-refractivity contribution in [2.45, 2.75) is 18.9 Å². The van der Waals surface area contributed by atoms with Crippen molar-refractivity contribution in [3.63, 3.8) is 0 Å². The second kappa shape index (κ2) is 4.12. The largest absolute Gasteiger partial charge is 0.384 e. The SMILES string of the molecule is Nc1ccnc(NCC2CCC(=O)N2)n1. The van der Waals surface area contributed by atoms with Crippen molar-refractivity contribution in [1.82, 2.24) is 15.3 Å². The number of aromatic nitrogens is 2. The Labute approximate surface area is 87.3 Å². The van der Waals surface area contributed by atoms with Gasteiger partial charge in [0.05, 0.1) is 0 Å². The number of anilines is 2. The predicted molar refractivity (Wildman–Crippen MR) is 56.1 cm³/mol. The van der Waals surface area contributed by atoms with Crippen LogP contribution >= 0.6 is 0 Å². The first-order valence-electron chi connectivity index (χ1n) is 4.86. The first-order valence-corrected chi connectivity index (χ1v) is 4.86. The van der Waals surface area contributed by atoms with Crippen molar-refractivity contribution < 1.29 is 4.79 Å². The molecule has 15 heavy (non-hydrogen) atoms. The van der Waals surface area contributed by atoms with E-state index in [9.17, 15) is 4.79 Å². The lowest BCUT2D eigenvalue weighted by Gasteiger charge is -2.10. The van der Waals surface area contributed by atoms with Crippen LogP contribution in [-0.2, 0) is 4.79 Å². The predicted octanol–water partition coefficient (Wildman–Crippen LogP) is -0.251. The smallest absolute Gasteiger partial charge is 0.224 e. The molecule has 1 aromatic heterocycles. The Morgan fingerprint density at radius 2 is 2.53 bits per heavy atom. The maximum absolute atomic E-state index is 10.9. The summed E-state index contributed by atoms with van der Waals surface area (Å²) in [5, 5.41) is 5.88. The van der Waals surface area contributed by atoms with Crippen molar-refractivity contribution >= 4 is 17.7 Å². The molecule has 80 valence electrons. The number of nitrogens with one attached hydrogen (secondary N) is 2. The van der Waals surface area contributed by atoms with Crippen LogP contribution in [-0.4, -0.2) is 28.5 Å². The topological polar surface area (TPSA) is 92.9 Å². The van der Waals surface area contributed by atoms with Gasteiger partial charge < -0.3 is 16.4 Å². The van der Waals surface area contributed by atoms with Crippen LogP contribution in [0.1, 0.15) is 12.8 Å². The lowest BCUT2D eigenvalue weighted by atomic mass is 10.2. The van der Waals surface area contributed by atoms with E-state index in [1.54, 1.807) is 12.3 Å². The molecule has 1 amide bonds. The number of rotatable bonds is 3. The van der Waals surface area contributed by atoms with Gasteiger partial charge in [-0.3, -0.25) is 4.79 Å². The van der Waals surface area contributed by atoms with Crippen LogP contribution in [0.4, 0.5) is 11.8 Å². The fourth-order valence-electron chi connectivity index (χ4n) is 1.50. The molecule has 6 nitrogen and oxygen atoms in total. The van der Waals surface area contributed by atoms with E-state index in [1.165, 1.54) is 0 Å². The summed E-state index contributed by atoms with van der Waals surface area (Å²) in [6.07, 6.45) is 3.05. The van der Waals surface area contributed by atoms with Crippen LogP contribution in [0.5, 0.6) is 0 Å². The number of nitrogens with two attached hydrogens (primary N) is 1. The van der Waals surface area contributed by atoms with Crippen LogP contribution in [0.25, 0.3) is 0 Å². The van der Waals surface area contributed by atoms with Crippen molar-refractivity contribution in [2.24, 2.45) is 0 Å². The van der Waals surface area contributed by atoms with Crippen LogP contribution in [0, 0.1) is 0 Å². The standard InChI is InChI=1S/C9H13N5O/c10-7-3-4-11-9(14-7)12-5-6-1-2-8(15)13-6/h3-4,6H,1-2,5H2,(H,13,15)(H3,10,11,12,14). The molecule has 1 aromatic rings. The Morgan fingerprint density at radius 3 is 3.20 bits per heavy atom. The van der Waals surface area contributed by atoms with Crippen molar-refractivity contribution in [3.05, 3.63) is 12.3 Å². The number of carbonyl (C=O) groups is 1. The van der Waals surface area contributed by atoms with E-state index in [-0.39, 0.29) is 11.9 Å². The molecule has 0 spiro atoms. The number of amides is 1. The molecule has 1 aliphatic heterocycles. The highest BCUT2D eigenvalue weighted by atomic mass is 16.1. The summed E-state index contributed by atoms with van der Waals surface area (Å²) < 4.78 is 0. The fourth-order valence-corrected chi connectivity index (χ4v) is 1.50. The Bertz CT molecular complexity index is 367. The monoisotopic (exact) mass is 207 g/mol. The molecule has 6 heteroatoms. The first kappa shape index (κ1) is 9.70. The molecule has 2 heterocycles. The molecule has 0 saturated carbocycles. The second-order valence-electron chi connectivity index (χ2n) is 3.49. The third-order valence-corrected chi connectivity index (χ3v) is 2.27. The quantitative estimate of drug-likeness (QED) is 0.635. The maximum atomic E-state index is 10.9. The second-order valence-corrected chi connectivity index (χ2v) is 3.49. The number of nitrogens with zero attached hydrogens (tertiary/aromatic N) is 2. The molecule has 0 aliphatic carbocycles. The normalized spacial score (nSPS) is 20.0. The lowest BCUT2D eigenvalue weighted by Crippen LogP contribution is -2.32. The maximum Gasteiger partial charge on any atom is 0.224 e. The molecule has 0 aromatic carbocycles. The van der Waals surface area contributed by atoms with Gasteiger partial charge in [0.1, 0.15) is 5.82 Å². The third kappa shape index (κ3) is 2.55. The molecule has 1 atom stereocenters. The van der Waals surface area contributed by atoms with Gasteiger partial charge >= 0.3 is 0 Å². The van der Waals surface area contributed by atoms with Crippen molar-refractivity contribution in [3.8, 4) is 0 Å². The van der Waals surface area contributed by atoms with Crippen molar-refractivity contribution in [1.29, 1.82) is 0 Å². The van der Waals surface area contributed by atoms with Gasteiger partial charge in [-0.1, -0.05) is 0 Å². The summed E-state index contributed by atoms with van der Waals surface area (Å²) >= 11 is 0. The Morgan fingerprint density at radius 1 is 1.67 bits per heavy atom. The zero-order chi connectivity index (χ0) is 10.7. The number of hydrogen-bond donors (Lipinski definition) is 3. The number of nitrogen functional groups attached to an aromatic ring is 1. The summed E-state index contributed by atoms with van der Waals surface area (Å²) in [6.45, 7) is 0.634. The zero-order valence-corrected chi connectivity index (χ0v) is 8.23. The zero-order valence-electron chi connectivity index (χ0n) is 8.23. The molecule has 1 saturated heterocycles. The van der Waals surface area contributed by atoms with Gasteiger partial charge in [0.15, 0.2) is 0 Å². The first-order chi connectivity index (χ1) is 7.24. The van der Waals surface area contributed by atoms with Crippen molar-refractivity contribution in [2.75, 3.05) is 17.6 Å². The van der Waals surface area contributed by atoms with Gasteiger partial charge in [0.2, 0.25) is 11.9 Å². The molecule has 1 unspecified atom stereocenters. The Kier molecular flexibility index (Phi) is 2.66. The van der Waals surface area contributed by atoms with Gasteiger partial charge in [-0.05, 0) is 12.5 Å². The van der Waals surface area contributed by atoms with Gasteiger partial charge in [-0.2, -0.15) is 4.98 Å². The van der Waals surface area contributed by atoms with Gasteiger partial charge in [0.25, 0.3) is 0 Å². The van der Waals surface area contributed by atoms with Gasteiger partial charge in [-0.15, -0.1) is 0 Å². The minimum Gasteiger partial charge on any atom is -0.384 e. The molecule has 0 bridgehead atoms. The number of hydrogen-bond acceptors (Lipinski definition) is 5. The molecule has 0 radical (unpaired) electrons. The van der Waals surface area contributed by atoms with Crippen LogP contribution in [0.2, 0.25) is 0 Å². The van der Waals surface area contributed by atoms with E-state index in [0.29, 0.717) is 24.7 Å². The highest BCUT2D eigenvalue weighted by Crippen LogP contribution is 2.07. The molecule has 1 aliphatic rings. The van der Waals surface area contributed by atoms with E-state index in [4.69, 9.17) is 5.73 Å². The minimum absolute atomic E-state index is 0.107. The molecular weight excluding hydrogens is 194 g/mol. The highest BCUT2D eigenvalue weighted by molar-refractivity contribution is 5.78. The van der Waals surface area contributed by atoms with E-state index in [1.807, 2.05) is 0 Å². The van der Waals surface area contributed by atoms with Gasteiger partial charge in [0, 0.05) is 25.2 Å². The Hall–Kier alpha value is -1.85. The third-order valence-electron chi connectivity index (χ3n) is 2.27. The Balaban J connectivity index is 1.85. The summed E-state index contributed by atoms with van der Waals surface area (Å²) in [5.74, 6) is 1.04. The average Bonchev–Trinajstić information content (AvgIpc) is 2.62. The molecule has 2 rings (SSSR count). The van der Waals surface area contributed by atoms with E-state index in [2.05, 4.69) is 20.6 Å². The summed E-state index contributed by atoms with van der Waals surface area (Å²) in [7, 11) is 0. The number of carbonyl (C=O) groups excluding carboxylic acids is 1.